The van der Waals surface area contributed by atoms with Gasteiger partial charge in [-0.05, 0) is 32.0 Å². The van der Waals surface area contributed by atoms with E-state index in [1.54, 1.807) is 12.1 Å². The number of nitrogen functional groups attached to an aromatic ring is 1. The minimum Gasteiger partial charge on any atom is -0.398 e. The number of anilines is 2. The summed E-state index contributed by atoms with van der Waals surface area (Å²) < 4.78 is 28.1. The lowest BCUT2D eigenvalue weighted by Gasteiger charge is -2.44. The summed E-state index contributed by atoms with van der Waals surface area (Å²) in [5, 5.41) is 5.10. The second-order valence-electron chi connectivity index (χ2n) is 5.28. The number of hydrogen-bond acceptors (Lipinski definition) is 5. The highest BCUT2D eigenvalue weighted by Crippen LogP contribution is 2.30. The van der Waals surface area contributed by atoms with Crippen LogP contribution in [0.4, 0.5) is 11.4 Å². The molecule has 2 rings (SSSR count). The number of morpholine rings is 1. The zero-order valence-electron chi connectivity index (χ0n) is 11.1. The molecule has 4 N–H and O–H groups in total. The van der Waals surface area contributed by atoms with Crippen LogP contribution in [0.1, 0.15) is 13.8 Å². The maximum atomic E-state index is 11.3. The van der Waals surface area contributed by atoms with Crippen LogP contribution in [-0.4, -0.2) is 33.7 Å². The number of hydrogen-bond donors (Lipinski definition) is 2. The van der Waals surface area contributed by atoms with Crippen LogP contribution in [0.25, 0.3) is 0 Å². The molecule has 0 unspecified atom stereocenters. The third-order valence-electron chi connectivity index (χ3n) is 3.26. The standard InChI is InChI=1S/C12H19N3O3S/c1-12(2)8-18-6-5-15(12)9-3-4-11(10(13)7-9)19(14,16)17/h3-4,7H,5-6,8,13H2,1-2H3,(H2,14,16,17). The van der Waals surface area contributed by atoms with Gasteiger partial charge in [-0.2, -0.15) is 0 Å². The number of benzene rings is 1. The molecule has 1 aromatic rings. The summed E-state index contributed by atoms with van der Waals surface area (Å²) in [6.07, 6.45) is 0. The maximum absolute atomic E-state index is 11.3. The Bertz CT molecular complexity index is 584. The van der Waals surface area contributed by atoms with E-state index in [1.807, 2.05) is 0 Å². The Morgan fingerprint density at radius 2 is 2.05 bits per heavy atom. The van der Waals surface area contributed by atoms with Crippen LogP contribution in [0.15, 0.2) is 23.1 Å². The monoisotopic (exact) mass is 285 g/mol. The van der Waals surface area contributed by atoms with E-state index in [-0.39, 0.29) is 16.1 Å². The molecule has 106 valence electrons. The van der Waals surface area contributed by atoms with Crippen molar-refractivity contribution < 1.29 is 13.2 Å². The Kier molecular flexibility index (Phi) is 3.46. The summed E-state index contributed by atoms with van der Waals surface area (Å²) in [5.74, 6) is 0. The number of ether oxygens (including phenoxy) is 1. The van der Waals surface area contributed by atoms with Crippen LogP contribution < -0.4 is 15.8 Å². The molecule has 7 heteroatoms. The molecule has 0 atom stereocenters. The molecule has 1 fully saturated rings. The molecular weight excluding hydrogens is 266 g/mol. The predicted octanol–water partition coefficient (Wildman–Crippen LogP) is 0.531. The summed E-state index contributed by atoms with van der Waals surface area (Å²) in [4.78, 5) is 2.11. The van der Waals surface area contributed by atoms with Crippen molar-refractivity contribution in [1.82, 2.24) is 0 Å². The van der Waals surface area contributed by atoms with Crippen molar-refractivity contribution in [2.75, 3.05) is 30.4 Å². The molecule has 6 nitrogen and oxygen atoms in total. The molecular formula is C12H19N3O3S. The SMILES string of the molecule is CC1(C)COCCN1c1ccc(S(N)(=O)=O)c(N)c1. The Labute approximate surface area is 113 Å². The first kappa shape index (κ1) is 14.1. The van der Waals surface area contributed by atoms with Gasteiger partial charge in [-0.25, -0.2) is 13.6 Å². The van der Waals surface area contributed by atoms with Gasteiger partial charge in [-0.1, -0.05) is 0 Å². The van der Waals surface area contributed by atoms with E-state index in [2.05, 4.69) is 18.7 Å². The van der Waals surface area contributed by atoms with E-state index >= 15 is 0 Å². The first-order valence-electron chi connectivity index (χ1n) is 5.99. The van der Waals surface area contributed by atoms with Gasteiger partial charge in [0.2, 0.25) is 10.0 Å². The van der Waals surface area contributed by atoms with Crippen LogP contribution in [0.5, 0.6) is 0 Å². The van der Waals surface area contributed by atoms with E-state index < -0.39 is 10.0 Å². The minimum absolute atomic E-state index is 0.0395. The quantitative estimate of drug-likeness (QED) is 0.772. The lowest BCUT2D eigenvalue weighted by molar-refractivity contribution is 0.0644. The van der Waals surface area contributed by atoms with Crippen LogP contribution in [-0.2, 0) is 14.8 Å². The second-order valence-corrected chi connectivity index (χ2v) is 6.81. The van der Waals surface area contributed by atoms with Crippen LogP contribution in [0.2, 0.25) is 0 Å². The molecule has 1 aromatic carbocycles. The highest BCUT2D eigenvalue weighted by atomic mass is 32.2. The number of rotatable bonds is 2. The van der Waals surface area contributed by atoms with Crippen LogP contribution >= 0.6 is 0 Å². The molecule has 0 aromatic heterocycles. The molecule has 0 saturated carbocycles. The zero-order chi connectivity index (χ0) is 14.3. The fourth-order valence-corrected chi connectivity index (χ4v) is 2.94. The number of nitrogens with two attached hydrogens (primary N) is 2. The van der Waals surface area contributed by atoms with Gasteiger partial charge in [-0.15, -0.1) is 0 Å². The third-order valence-corrected chi connectivity index (χ3v) is 4.24. The largest absolute Gasteiger partial charge is 0.398 e. The average Bonchev–Trinajstić information content (AvgIpc) is 2.26. The van der Waals surface area contributed by atoms with Gasteiger partial charge in [-0.3, -0.25) is 0 Å². The molecule has 0 amide bonds. The van der Waals surface area contributed by atoms with Crippen molar-refractivity contribution in [3.05, 3.63) is 18.2 Å². The highest BCUT2D eigenvalue weighted by Gasteiger charge is 2.31. The summed E-state index contributed by atoms with van der Waals surface area (Å²) in [6.45, 7) is 6.12. The Hall–Kier alpha value is -1.31. The molecule has 1 aliphatic rings. The molecule has 1 saturated heterocycles. The second kappa shape index (κ2) is 4.66. The van der Waals surface area contributed by atoms with Gasteiger partial charge in [0.05, 0.1) is 24.4 Å². The molecule has 1 heterocycles. The van der Waals surface area contributed by atoms with E-state index in [0.29, 0.717) is 13.2 Å². The molecule has 1 aliphatic heterocycles. The van der Waals surface area contributed by atoms with E-state index in [4.69, 9.17) is 15.6 Å². The smallest absolute Gasteiger partial charge is 0.240 e. The normalized spacial score (nSPS) is 19.4. The Morgan fingerprint density at radius 3 is 2.58 bits per heavy atom. The number of sulfonamides is 1. The summed E-state index contributed by atoms with van der Waals surface area (Å²) in [6, 6.07) is 4.82. The minimum atomic E-state index is -3.78. The summed E-state index contributed by atoms with van der Waals surface area (Å²) in [7, 11) is -3.78. The average molecular weight is 285 g/mol. The van der Waals surface area contributed by atoms with Gasteiger partial charge in [0, 0.05) is 12.2 Å². The number of primary sulfonamides is 1. The van der Waals surface area contributed by atoms with Crippen molar-refractivity contribution in [2.24, 2.45) is 5.14 Å². The van der Waals surface area contributed by atoms with Gasteiger partial charge < -0.3 is 15.4 Å². The Morgan fingerprint density at radius 1 is 1.37 bits per heavy atom. The lowest BCUT2D eigenvalue weighted by atomic mass is 10.0. The van der Waals surface area contributed by atoms with Crippen molar-refractivity contribution in [2.45, 2.75) is 24.3 Å². The molecule has 0 radical (unpaired) electrons. The van der Waals surface area contributed by atoms with Crippen LogP contribution in [0.3, 0.4) is 0 Å². The van der Waals surface area contributed by atoms with E-state index in [1.165, 1.54) is 6.07 Å². The summed E-state index contributed by atoms with van der Waals surface area (Å²) >= 11 is 0. The molecule has 0 spiro atoms. The van der Waals surface area contributed by atoms with Crippen molar-refractivity contribution in [1.29, 1.82) is 0 Å². The van der Waals surface area contributed by atoms with Crippen molar-refractivity contribution >= 4 is 21.4 Å². The van der Waals surface area contributed by atoms with Gasteiger partial charge in [0.25, 0.3) is 0 Å². The van der Waals surface area contributed by atoms with E-state index in [0.717, 1.165) is 12.2 Å². The Balaban J connectivity index is 2.40. The molecule has 0 aliphatic carbocycles. The zero-order valence-corrected chi connectivity index (χ0v) is 11.9. The van der Waals surface area contributed by atoms with Crippen LogP contribution in [0, 0.1) is 0 Å². The maximum Gasteiger partial charge on any atom is 0.240 e. The fraction of sp³-hybridized carbons (Fsp3) is 0.500. The topological polar surface area (TPSA) is 98.6 Å². The lowest BCUT2D eigenvalue weighted by Crippen LogP contribution is -2.53. The third kappa shape index (κ3) is 2.83. The van der Waals surface area contributed by atoms with E-state index in [9.17, 15) is 8.42 Å². The first-order valence-corrected chi connectivity index (χ1v) is 7.54. The molecule has 0 bridgehead atoms. The van der Waals surface area contributed by atoms with Crippen molar-refractivity contribution in [3.8, 4) is 0 Å². The number of nitrogens with zero attached hydrogens (tertiary/aromatic N) is 1. The van der Waals surface area contributed by atoms with Gasteiger partial charge in [0.1, 0.15) is 4.90 Å². The van der Waals surface area contributed by atoms with Gasteiger partial charge >= 0.3 is 0 Å². The first-order chi connectivity index (χ1) is 8.72. The molecule has 19 heavy (non-hydrogen) atoms. The highest BCUT2D eigenvalue weighted by molar-refractivity contribution is 7.89. The van der Waals surface area contributed by atoms with Crippen molar-refractivity contribution in [3.63, 3.8) is 0 Å². The summed E-state index contributed by atoms with van der Waals surface area (Å²) in [5.41, 5.74) is 6.67. The van der Waals surface area contributed by atoms with Gasteiger partial charge in [0.15, 0.2) is 0 Å². The predicted molar refractivity (Wildman–Crippen MR) is 74.5 cm³/mol. The fourth-order valence-electron chi connectivity index (χ4n) is 2.30.